The van der Waals surface area contributed by atoms with Gasteiger partial charge in [0.05, 0.1) is 26.4 Å². The third-order valence-electron chi connectivity index (χ3n) is 9.08. The minimum atomic E-state index is 0.319. The van der Waals surface area contributed by atoms with Gasteiger partial charge in [0.15, 0.2) is 0 Å². The zero-order valence-electron chi connectivity index (χ0n) is 31.2. The molecule has 0 aromatic heterocycles. The molecule has 4 aromatic rings. The molecule has 1 aliphatic rings. The summed E-state index contributed by atoms with van der Waals surface area (Å²) in [4.78, 5) is 11.5. The van der Waals surface area contributed by atoms with Crippen LogP contribution in [0.25, 0.3) is 41.8 Å². The summed E-state index contributed by atoms with van der Waals surface area (Å²) in [5, 5.41) is 14.7. The fraction of sp³-hybridized carbons (Fsp3) is 0.400. The third-order valence-corrected chi connectivity index (χ3v) is 9.08. The molecule has 0 saturated heterocycles. The van der Waals surface area contributed by atoms with Gasteiger partial charge >= 0.3 is 0 Å². The van der Waals surface area contributed by atoms with E-state index in [1.165, 1.54) is 0 Å². The Bertz CT molecular complexity index is 1750. The SMILES string of the molecule is [N-]=[N+]=NCCCOc1c2cccc1Cc1cccc(c1OCCCN=[N+]=[N-])Cc1cccc(c1OCCCN=[N+]=[N-])Cc1cccc(c1OCCCN=[N+]=[N-])C2. The fourth-order valence-electron chi connectivity index (χ4n) is 6.64. The molecule has 0 fully saturated rings. The largest absolute Gasteiger partial charge is 0.493 e. The number of rotatable bonds is 20. The minimum absolute atomic E-state index is 0.319. The molecule has 8 bridgehead atoms. The number of ether oxygens (including phenoxy) is 4. The van der Waals surface area contributed by atoms with E-state index in [4.69, 9.17) is 41.1 Å². The van der Waals surface area contributed by atoms with Crippen molar-refractivity contribution in [2.75, 3.05) is 52.6 Å². The molecule has 0 N–H and O–H groups in total. The van der Waals surface area contributed by atoms with Crippen LogP contribution in [-0.4, -0.2) is 52.6 Å². The van der Waals surface area contributed by atoms with Crippen molar-refractivity contribution < 1.29 is 18.9 Å². The van der Waals surface area contributed by atoms with Gasteiger partial charge in [0.25, 0.3) is 0 Å². The first-order valence-electron chi connectivity index (χ1n) is 18.6. The van der Waals surface area contributed by atoms with E-state index in [0.29, 0.717) is 104 Å². The molecular weight excluding hydrogens is 713 g/mol. The van der Waals surface area contributed by atoms with Crippen molar-refractivity contribution in [3.05, 3.63) is 159 Å². The summed E-state index contributed by atoms with van der Waals surface area (Å²) in [6, 6.07) is 24.6. The van der Waals surface area contributed by atoms with Crippen molar-refractivity contribution in [3.8, 4) is 23.0 Å². The Morgan fingerprint density at radius 1 is 0.357 bits per heavy atom. The number of para-hydroxylation sites is 4. The Morgan fingerprint density at radius 2 is 0.554 bits per heavy atom. The van der Waals surface area contributed by atoms with Gasteiger partial charge in [-0.25, -0.2) is 0 Å². The summed E-state index contributed by atoms with van der Waals surface area (Å²) < 4.78 is 26.2. The molecule has 0 saturated carbocycles. The van der Waals surface area contributed by atoms with E-state index in [1.54, 1.807) is 0 Å². The standard InChI is InChI=1S/C40H44N12O4/c41-49-45-17-5-21-53-37-29-9-1-10-30(37)26-32-12-3-14-34(39(32)55-23-7-19-47-51-43)28-36-16-4-15-35(40(36)56-24-8-20-48-52-44)27-33-13-2-11-31(25-29)38(33)54-22-6-18-46-50-42/h1-4,9-16H,5-8,17-28H2. The first-order chi connectivity index (χ1) is 27.7. The van der Waals surface area contributed by atoms with Crippen LogP contribution in [0.1, 0.15) is 70.2 Å². The molecular formula is C40H44N12O4. The molecule has 0 aliphatic heterocycles. The summed E-state index contributed by atoms with van der Waals surface area (Å²) in [7, 11) is 0. The Kier molecular flexibility index (Phi) is 16.3. The minimum Gasteiger partial charge on any atom is -0.493 e. The van der Waals surface area contributed by atoms with Gasteiger partial charge in [-0.15, -0.1) is 0 Å². The van der Waals surface area contributed by atoms with Crippen LogP contribution in [-0.2, 0) is 25.7 Å². The highest BCUT2D eigenvalue weighted by Gasteiger charge is 2.21. The average Bonchev–Trinajstić information content (AvgIpc) is 3.20. The van der Waals surface area contributed by atoms with Crippen LogP contribution < -0.4 is 18.9 Å². The topological polar surface area (TPSA) is 232 Å². The lowest BCUT2D eigenvalue weighted by Gasteiger charge is -2.23. The first-order valence-corrected chi connectivity index (χ1v) is 18.6. The van der Waals surface area contributed by atoms with Crippen LogP contribution in [0.5, 0.6) is 23.0 Å². The van der Waals surface area contributed by atoms with E-state index in [0.717, 1.165) is 67.5 Å². The van der Waals surface area contributed by atoms with Crippen molar-refractivity contribution in [1.29, 1.82) is 0 Å². The number of nitrogens with zero attached hydrogens (tertiary/aromatic N) is 12. The Labute approximate surface area is 324 Å². The highest BCUT2D eigenvalue weighted by Crippen LogP contribution is 2.39. The van der Waals surface area contributed by atoms with Gasteiger partial charge in [-0.1, -0.05) is 93.3 Å². The highest BCUT2D eigenvalue weighted by molar-refractivity contribution is 5.56. The molecule has 1 aliphatic carbocycles. The van der Waals surface area contributed by atoms with Gasteiger partial charge in [-0.3, -0.25) is 0 Å². The van der Waals surface area contributed by atoms with Gasteiger partial charge in [0.1, 0.15) is 23.0 Å². The molecule has 288 valence electrons. The van der Waals surface area contributed by atoms with Crippen LogP contribution >= 0.6 is 0 Å². The van der Waals surface area contributed by atoms with Crippen molar-refractivity contribution in [2.24, 2.45) is 20.5 Å². The second-order valence-electron chi connectivity index (χ2n) is 13.0. The predicted octanol–water partition coefficient (Wildman–Crippen LogP) is 10.7. The van der Waals surface area contributed by atoms with Gasteiger partial charge < -0.3 is 18.9 Å². The molecule has 0 atom stereocenters. The van der Waals surface area contributed by atoms with E-state index >= 15 is 0 Å². The molecule has 16 nitrogen and oxygen atoms in total. The van der Waals surface area contributed by atoms with Gasteiger partial charge in [0.2, 0.25) is 0 Å². The Hall–Kier alpha value is -6.68. The fourth-order valence-corrected chi connectivity index (χ4v) is 6.64. The van der Waals surface area contributed by atoms with Crippen molar-refractivity contribution in [3.63, 3.8) is 0 Å². The van der Waals surface area contributed by atoms with Gasteiger partial charge in [-0.05, 0) is 92.3 Å². The smallest absolute Gasteiger partial charge is 0.126 e. The maximum absolute atomic E-state index is 8.82. The molecule has 0 radical (unpaired) electrons. The van der Waals surface area contributed by atoms with Crippen LogP contribution in [0, 0.1) is 0 Å². The average molecular weight is 757 g/mol. The molecule has 0 spiro atoms. The maximum Gasteiger partial charge on any atom is 0.126 e. The molecule has 5 rings (SSSR count). The van der Waals surface area contributed by atoms with Gasteiger partial charge in [-0.2, -0.15) is 0 Å². The molecule has 0 amide bonds. The predicted molar refractivity (Wildman–Crippen MR) is 213 cm³/mol. The first kappa shape index (κ1) is 40.5. The quantitative estimate of drug-likeness (QED) is 0.0326. The monoisotopic (exact) mass is 756 g/mol. The lowest BCUT2D eigenvalue weighted by Crippen LogP contribution is -2.11. The van der Waals surface area contributed by atoms with Crippen LogP contribution in [0.2, 0.25) is 0 Å². The number of azide groups is 4. The lowest BCUT2D eigenvalue weighted by atomic mass is 9.91. The number of fused-ring (bicyclic) bond motifs is 8. The molecule has 4 aromatic carbocycles. The summed E-state index contributed by atoms with van der Waals surface area (Å²) >= 11 is 0. The van der Waals surface area contributed by atoms with E-state index in [9.17, 15) is 0 Å². The summed E-state index contributed by atoms with van der Waals surface area (Å²) in [5.41, 5.74) is 43.0. The van der Waals surface area contributed by atoms with E-state index in [1.807, 2.05) is 24.3 Å². The second kappa shape index (κ2) is 22.5. The number of hydrogen-bond donors (Lipinski definition) is 0. The molecule has 16 heteroatoms. The van der Waals surface area contributed by atoms with Crippen LogP contribution in [0.15, 0.2) is 93.3 Å². The van der Waals surface area contributed by atoms with E-state index in [2.05, 4.69) is 88.6 Å². The normalized spacial score (nSPS) is 11.4. The van der Waals surface area contributed by atoms with Crippen LogP contribution in [0.4, 0.5) is 0 Å². The highest BCUT2D eigenvalue weighted by atomic mass is 16.5. The summed E-state index contributed by atoms with van der Waals surface area (Å²) in [6.45, 7) is 2.70. The Morgan fingerprint density at radius 3 is 0.732 bits per heavy atom. The summed E-state index contributed by atoms with van der Waals surface area (Å²) in [6.07, 6.45) is 4.22. The molecule has 56 heavy (non-hydrogen) atoms. The zero-order valence-corrected chi connectivity index (χ0v) is 31.2. The van der Waals surface area contributed by atoms with Crippen LogP contribution in [0.3, 0.4) is 0 Å². The third kappa shape index (κ3) is 11.7. The number of benzene rings is 4. The van der Waals surface area contributed by atoms with E-state index < -0.39 is 0 Å². The van der Waals surface area contributed by atoms with E-state index in [-0.39, 0.29) is 0 Å². The van der Waals surface area contributed by atoms with Crippen molar-refractivity contribution in [1.82, 2.24) is 0 Å². The van der Waals surface area contributed by atoms with Gasteiger partial charge in [0, 0.05) is 71.5 Å². The van der Waals surface area contributed by atoms with Crippen molar-refractivity contribution >= 4 is 0 Å². The zero-order chi connectivity index (χ0) is 39.2. The maximum atomic E-state index is 8.82. The summed E-state index contributed by atoms with van der Waals surface area (Å²) in [5.74, 6) is 3.01. The van der Waals surface area contributed by atoms with Crippen molar-refractivity contribution in [2.45, 2.75) is 51.4 Å². The molecule has 0 unspecified atom stereocenters. The second-order valence-corrected chi connectivity index (χ2v) is 13.0. The Balaban J connectivity index is 1.66. The molecule has 0 heterocycles. The lowest BCUT2D eigenvalue weighted by molar-refractivity contribution is 0.301. The number of hydrogen-bond acceptors (Lipinski definition) is 8.